The SMILES string of the molecule is Cc1noc(CN2CCN(CC3CCCO3)CC2)n1. The molecular formula is C13H22N4O2. The standard InChI is InChI=1S/C13H22N4O2/c1-11-14-13(19-15-11)10-17-6-4-16(5-7-17)9-12-3-2-8-18-12/h12H,2-10H2,1H3. The minimum atomic E-state index is 0.463. The first-order valence-electron chi connectivity index (χ1n) is 7.15. The van der Waals surface area contributed by atoms with Crippen molar-refractivity contribution in [1.82, 2.24) is 19.9 Å². The molecule has 2 fully saturated rings. The van der Waals surface area contributed by atoms with Gasteiger partial charge in [0.2, 0.25) is 5.89 Å². The number of ether oxygens (including phenoxy) is 1. The second-order valence-corrected chi connectivity index (χ2v) is 5.45. The molecular weight excluding hydrogens is 244 g/mol. The molecule has 0 spiro atoms. The van der Waals surface area contributed by atoms with Crippen molar-refractivity contribution >= 4 is 0 Å². The van der Waals surface area contributed by atoms with E-state index in [0.29, 0.717) is 11.9 Å². The van der Waals surface area contributed by atoms with E-state index in [2.05, 4.69) is 19.9 Å². The molecule has 106 valence electrons. The topological polar surface area (TPSA) is 54.6 Å². The van der Waals surface area contributed by atoms with Crippen molar-refractivity contribution in [2.24, 2.45) is 0 Å². The zero-order valence-corrected chi connectivity index (χ0v) is 11.5. The van der Waals surface area contributed by atoms with Crippen LogP contribution < -0.4 is 0 Å². The zero-order valence-electron chi connectivity index (χ0n) is 11.5. The predicted octanol–water partition coefficient (Wildman–Crippen LogP) is 0.675. The Morgan fingerprint density at radius 3 is 2.63 bits per heavy atom. The highest BCUT2D eigenvalue weighted by Gasteiger charge is 2.23. The maximum atomic E-state index is 5.69. The molecule has 2 aliphatic rings. The van der Waals surface area contributed by atoms with Gasteiger partial charge in [-0.25, -0.2) is 0 Å². The Balaban J connectivity index is 1.41. The van der Waals surface area contributed by atoms with E-state index in [4.69, 9.17) is 9.26 Å². The fourth-order valence-electron chi connectivity index (χ4n) is 2.80. The average molecular weight is 266 g/mol. The van der Waals surface area contributed by atoms with Gasteiger partial charge in [-0.05, 0) is 19.8 Å². The highest BCUT2D eigenvalue weighted by Crippen LogP contribution is 2.15. The average Bonchev–Trinajstić information content (AvgIpc) is 3.04. The molecule has 1 atom stereocenters. The summed E-state index contributed by atoms with van der Waals surface area (Å²) in [6.07, 6.45) is 2.91. The summed E-state index contributed by atoms with van der Waals surface area (Å²) >= 11 is 0. The lowest BCUT2D eigenvalue weighted by Crippen LogP contribution is -2.48. The molecule has 6 nitrogen and oxygen atoms in total. The van der Waals surface area contributed by atoms with Crippen LogP contribution in [-0.4, -0.2) is 65.4 Å². The third-order valence-electron chi connectivity index (χ3n) is 3.88. The lowest BCUT2D eigenvalue weighted by atomic mass is 10.2. The molecule has 1 aromatic heterocycles. The van der Waals surface area contributed by atoms with E-state index in [1.54, 1.807) is 0 Å². The fourth-order valence-corrected chi connectivity index (χ4v) is 2.80. The van der Waals surface area contributed by atoms with Gasteiger partial charge in [-0.1, -0.05) is 5.16 Å². The van der Waals surface area contributed by atoms with Crippen LogP contribution in [0.3, 0.4) is 0 Å². The highest BCUT2D eigenvalue weighted by atomic mass is 16.5. The molecule has 1 unspecified atom stereocenters. The largest absolute Gasteiger partial charge is 0.377 e. The Labute approximate surface area is 113 Å². The van der Waals surface area contributed by atoms with E-state index in [0.717, 1.165) is 51.8 Å². The first-order valence-corrected chi connectivity index (χ1v) is 7.15. The van der Waals surface area contributed by atoms with Gasteiger partial charge in [-0.3, -0.25) is 9.80 Å². The number of aromatic nitrogens is 2. The summed E-state index contributed by atoms with van der Waals surface area (Å²) in [5.74, 6) is 1.44. The molecule has 0 aliphatic carbocycles. The minimum absolute atomic E-state index is 0.463. The van der Waals surface area contributed by atoms with E-state index in [9.17, 15) is 0 Å². The van der Waals surface area contributed by atoms with Crippen LogP contribution in [0.2, 0.25) is 0 Å². The summed E-state index contributed by atoms with van der Waals surface area (Å²) in [4.78, 5) is 9.13. The van der Waals surface area contributed by atoms with E-state index in [-0.39, 0.29) is 0 Å². The third-order valence-corrected chi connectivity index (χ3v) is 3.88. The summed E-state index contributed by atoms with van der Waals surface area (Å²) in [5.41, 5.74) is 0. The van der Waals surface area contributed by atoms with E-state index < -0.39 is 0 Å². The van der Waals surface area contributed by atoms with Crippen LogP contribution in [0.15, 0.2) is 4.52 Å². The van der Waals surface area contributed by atoms with Gasteiger partial charge < -0.3 is 9.26 Å². The Hall–Kier alpha value is -0.980. The van der Waals surface area contributed by atoms with E-state index >= 15 is 0 Å². The lowest BCUT2D eigenvalue weighted by Gasteiger charge is -2.34. The summed E-state index contributed by atoms with van der Waals surface area (Å²) in [6, 6.07) is 0. The third kappa shape index (κ3) is 3.52. The van der Waals surface area contributed by atoms with Crippen LogP contribution in [0.4, 0.5) is 0 Å². The molecule has 1 aromatic rings. The first kappa shape index (κ1) is 13.0. The van der Waals surface area contributed by atoms with Gasteiger partial charge in [-0.2, -0.15) is 4.98 Å². The molecule has 0 amide bonds. The fraction of sp³-hybridized carbons (Fsp3) is 0.846. The van der Waals surface area contributed by atoms with Crippen molar-refractivity contribution in [2.75, 3.05) is 39.3 Å². The summed E-state index contributed by atoms with van der Waals surface area (Å²) in [5, 5.41) is 3.83. The monoisotopic (exact) mass is 266 g/mol. The van der Waals surface area contributed by atoms with Crippen molar-refractivity contribution < 1.29 is 9.26 Å². The molecule has 2 aliphatic heterocycles. The van der Waals surface area contributed by atoms with Crippen molar-refractivity contribution in [3.8, 4) is 0 Å². The molecule has 0 radical (unpaired) electrons. The molecule has 0 N–H and O–H groups in total. The quantitative estimate of drug-likeness (QED) is 0.798. The number of piperazine rings is 1. The van der Waals surface area contributed by atoms with Gasteiger partial charge >= 0.3 is 0 Å². The molecule has 3 rings (SSSR count). The summed E-state index contributed by atoms with van der Waals surface area (Å²) in [7, 11) is 0. The molecule has 19 heavy (non-hydrogen) atoms. The Morgan fingerprint density at radius 1 is 1.21 bits per heavy atom. The van der Waals surface area contributed by atoms with Crippen molar-refractivity contribution in [1.29, 1.82) is 0 Å². The van der Waals surface area contributed by atoms with Crippen LogP contribution in [0.25, 0.3) is 0 Å². The zero-order chi connectivity index (χ0) is 13.1. The second-order valence-electron chi connectivity index (χ2n) is 5.45. The van der Waals surface area contributed by atoms with Crippen LogP contribution in [0.5, 0.6) is 0 Å². The number of aryl methyl sites for hydroxylation is 1. The van der Waals surface area contributed by atoms with Gasteiger partial charge in [-0.15, -0.1) is 0 Å². The van der Waals surface area contributed by atoms with Gasteiger partial charge in [0.15, 0.2) is 5.82 Å². The first-order chi connectivity index (χ1) is 9.29. The maximum Gasteiger partial charge on any atom is 0.240 e. The number of hydrogen-bond donors (Lipinski definition) is 0. The van der Waals surface area contributed by atoms with Crippen LogP contribution in [-0.2, 0) is 11.3 Å². The van der Waals surface area contributed by atoms with Crippen LogP contribution in [0, 0.1) is 6.92 Å². The maximum absolute atomic E-state index is 5.69. The van der Waals surface area contributed by atoms with Crippen LogP contribution in [0.1, 0.15) is 24.6 Å². The normalized spacial score (nSPS) is 26.1. The number of nitrogens with zero attached hydrogens (tertiary/aromatic N) is 4. The molecule has 0 saturated carbocycles. The van der Waals surface area contributed by atoms with E-state index in [1.807, 2.05) is 6.92 Å². The van der Waals surface area contributed by atoms with Crippen molar-refractivity contribution in [3.63, 3.8) is 0 Å². The van der Waals surface area contributed by atoms with Gasteiger partial charge in [0, 0.05) is 39.3 Å². The van der Waals surface area contributed by atoms with Crippen molar-refractivity contribution in [2.45, 2.75) is 32.4 Å². The van der Waals surface area contributed by atoms with E-state index in [1.165, 1.54) is 12.8 Å². The molecule has 0 bridgehead atoms. The van der Waals surface area contributed by atoms with Gasteiger partial charge in [0.1, 0.15) is 0 Å². The van der Waals surface area contributed by atoms with Gasteiger partial charge in [0.05, 0.1) is 12.6 Å². The second kappa shape index (κ2) is 5.98. The lowest BCUT2D eigenvalue weighted by molar-refractivity contribution is 0.0468. The van der Waals surface area contributed by atoms with Crippen molar-refractivity contribution in [3.05, 3.63) is 11.7 Å². The number of rotatable bonds is 4. The van der Waals surface area contributed by atoms with Crippen LogP contribution >= 0.6 is 0 Å². The predicted molar refractivity (Wildman–Crippen MR) is 69.7 cm³/mol. The Morgan fingerprint density at radius 2 is 2.00 bits per heavy atom. The molecule has 0 aromatic carbocycles. The minimum Gasteiger partial charge on any atom is -0.377 e. The Kier molecular flexibility index (Phi) is 4.10. The molecule has 2 saturated heterocycles. The highest BCUT2D eigenvalue weighted by molar-refractivity contribution is 4.84. The number of hydrogen-bond acceptors (Lipinski definition) is 6. The molecule has 6 heteroatoms. The Bertz CT molecular complexity index is 395. The van der Waals surface area contributed by atoms with Gasteiger partial charge in [0.25, 0.3) is 0 Å². The summed E-state index contributed by atoms with van der Waals surface area (Å²) in [6.45, 7) is 9.00. The summed E-state index contributed by atoms with van der Waals surface area (Å²) < 4.78 is 10.9. The molecule has 3 heterocycles. The smallest absolute Gasteiger partial charge is 0.240 e.